The monoisotopic (exact) mass is 276 g/mol. The lowest BCUT2D eigenvalue weighted by molar-refractivity contribution is -0.137. The minimum Gasteiger partial charge on any atom is -0.481 e. The number of carbonyl (C=O) groups excluding carboxylic acids is 1. The summed E-state index contributed by atoms with van der Waals surface area (Å²) in [6, 6.07) is 5.77. The van der Waals surface area contributed by atoms with Crippen LogP contribution >= 0.6 is 0 Å². The highest BCUT2D eigenvalue weighted by molar-refractivity contribution is 5.98. The topological polar surface area (TPSA) is 78.4 Å². The number of nitrogens with one attached hydrogen (secondary N) is 2. The van der Waals surface area contributed by atoms with Crippen LogP contribution in [0.5, 0.6) is 0 Å². The molecule has 0 fully saturated rings. The molecule has 0 radical (unpaired) electrons. The van der Waals surface area contributed by atoms with Gasteiger partial charge in [-0.05, 0) is 49.6 Å². The van der Waals surface area contributed by atoms with Crippen LogP contribution in [0, 0.1) is 0 Å². The molecule has 5 heteroatoms. The molecule has 0 aromatic heterocycles. The summed E-state index contributed by atoms with van der Waals surface area (Å²) in [4.78, 5) is 22.4. The van der Waals surface area contributed by atoms with E-state index in [0.29, 0.717) is 13.0 Å². The van der Waals surface area contributed by atoms with Gasteiger partial charge in [-0.15, -0.1) is 0 Å². The van der Waals surface area contributed by atoms with E-state index in [1.807, 2.05) is 18.2 Å². The fourth-order valence-corrected chi connectivity index (χ4v) is 2.32. The number of aliphatic carboxylic acids is 1. The zero-order valence-electron chi connectivity index (χ0n) is 11.4. The summed E-state index contributed by atoms with van der Waals surface area (Å²) >= 11 is 0. The molecule has 0 saturated heterocycles. The van der Waals surface area contributed by atoms with Gasteiger partial charge in [0, 0.05) is 24.2 Å². The maximum atomic E-state index is 12.0. The van der Waals surface area contributed by atoms with E-state index in [1.165, 1.54) is 5.56 Å². The Balaban J connectivity index is 1.82. The fourth-order valence-electron chi connectivity index (χ4n) is 2.32. The van der Waals surface area contributed by atoms with E-state index >= 15 is 0 Å². The van der Waals surface area contributed by atoms with Gasteiger partial charge in [-0.3, -0.25) is 9.59 Å². The molecule has 1 aromatic carbocycles. The van der Waals surface area contributed by atoms with Crippen LogP contribution in [0.2, 0.25) is 0 Å². The number of ketones is 1. The summed E-state index contributed by atoms with van der Waals surface area (Å²) in [7, 11) is 0. The third-order valence-corrected chi connectivity index (χ3v) is 3.40. The molecule has 5 nitrogen and oxygen atoms in total. The Morgan fingerprint density at radius 2 is 2.20 bits per heavy atom. The standard InChI is InChI=1S/C15H20N2O3/c18-14(10-16-7-2-4-15(19)20)12-5-6-13-11(9-12)3-1-8-17-13/h5-6,9,16-17H,1-4,7-8,10H2,(H,19,20). The molecule has 20 heavy (non-hydrogen) atoms. The number of carboxylic acid groups (broad SMARTS) is 1. The fraction of sp³-hybridized carbons (Fsp3) is 0.467. The van der Waals surface area contributed by atoms with Crippen LogP contribution in [0.25, 0.3) is 0 Å². The Labute approximate surface area is 118 Å². The Hall–Kier alpha value is -1.88. The molecule has 1 aromatic rings. The number of fused-ring (bicyclic) bond motifs is 1. The number of carbonyl (C=O) groups is 2. The Kier molecular flexibility index (Phi) is 5.12. The number of rotatable bonds is 7. The largest absolute Gasteiger partial charge is 0.481 e. The van der Waals surface area contributed by atoms with E-state index in [0.717, 1.165) is 30.6 Å². The van der Waals surface area contributed by atoms with Crippen molar-refractivity contribution < 1.29 is 14.7 Å². The molecule has 0 aliphatic carbocycles. The molecule has 1 aliphatic rings. The number of anilines is 1. The van der Waals surface area contributed by atoms with Crippen LogP contribution in [-0.2, 0) is 11.2 Å². The molecule has 0 atom stereocenters. The Morgan fingerprint density at radius 1 is 1.35 bits per heavy atom. The number of aryl methyl sites for hydroxylation is 1. The van der Waals surface area contributed by atoms with Gasteiger partial charge in [0.25, 0.3) is 0 Å². The zero-order chi connectivity index (χ0) is 14.4. The highest BCUT2D eigenvalue weighted by atomic mass is 16.4. The second-order valence-electron chi connectivity index (χ2n) is 5.00. The van der Waals surface area contributed by atoms with E-state index in [1.54, 1.807) is 0 Å². The molecule has 108 valence electrons. The van der Waals surface area contributed by atoms with Gasteiger partial charge in [0.05, 0.1) is 6.54 Å². The lowest BCUT2D eigenvalue weighted by Crippen LogP contribution is -2.24. The molecule has 0 amide bonds. The average molecular weight is 276 g/mol. The minimum absolute atomic E-state index is 0.0497. The van der Waals surface area contributed by atoms with Crippen molar-refractivity contribution in [1.29, 1.82) is 0 Å². The average Bonchev–Trinajstić information content (AvgIpc) is 2.46. The lowest BCUT2D eigenvalue weighted by Gasteiger charge is -2.18. The lowest BCUT2D eigenvalue weighted by atomic mass is 9.99. The van der Waals surface area contributed by atoms with E-state index in [2.05, 4.69) is 10.6 Å². The predicted octanol–water partition coefficient (Wildman–Crippen LogP) is 1.68. The molecule has 0 unspecified atom stereocenters. The Bertz CT molecular complexity index is 500. The maximum absolute atomic E-state index is 12.0. The molecule has 1 aliphatic heterocycles. The van der Waals surface area contributed by atoms with Crippen molar-refractivity contribution in [3.63, 3.8) is 0 Å². The van der Waals surface area contributed by atoms with E-state index in [9.17, 15) is 9.59 Å². The van der Waals surface area contributed by atoms with Crippen molar-refractivity contribution in [2.24, 2.45) is 0 Å². The summed E-state index contributed by atoms with van der Waals surface area (Å²) in [5.41, 5.74) is 3.05. The SMILES string of the molecule is O=C(O)CCCNCC(=O)c1ccc2c(c1)CCCN2. The van der Waals surface area contributed by atoms with Crippen molar-refractivity contribution in [3.8, 4) is 0 Å². The summed E-state index contributed by atoms with van der Waals surface area (Å²) in [6.07, 6.45) is 2.77. The summed E-state index contributed by atoms with van der Waals surface area (Å²) < 4.78 is 0. The van der Waals surface area contributed by atoms with Gasteiger partial charge < -0.3 is 15.7 Å². The van der Waals surface area contributed by atoms with Crippen LogP contribution in [-0.4, -0.2) is 36.5 Å². The van der Waals surface area contributed by atoms with Gasteiger partial charge in [-0.1, -0.05) is 0 Å². The first-order valence-corrected chi connectivity index (χ1v) is 6.99. The van der Waals surface area contributed by atoms with Crippen molar-refractivity contribution in [3.05, 3.63) is 29.3 Å². The molecule has 0 bridgehead atoms. The highest BCUT2D eigenvalue weighted by Gasteiger charge is 2.12. The van der Waals surface area contributed by atoms with E-state index in [4.69, 9.17) is 5.11 Å². The molecule has 0 saturated carbocycles. The van der Waals surface area contributed by atoms with Gasteiger partial charge in [-0.25, -0.2) is 0 Å². The molecular formula is C15H20N2O3. The molecule has 0 spiro atoms. The summed E-state index contributed by atoms with van der Waals surface area (Å²) in [5.74, 6) is -0.756. The third-order valence-electron chi connectivity index (χ3n) is 3.40. The first kappa shape index (κ1) is 14.5. The summed E-state index contributed by atoms with van der Waals surface area (Å²) in [6.45, 7) is 1.79. The van der Waals surface area contributed by atoms with Crippen molar-refractivity contribution in [2.75, 3.05) is 25.0 Å². The number of benzene rings is 1. The normalized spacial score (nSPS) is 13.4. The molecular weight excluding hydrogens is 256 g/mol. The van der Waals surface area contributed by atoms with Crippen molar-refractivity contribution in [2.45, 2.75) is 25.7 Å². The second-order valence-corrected chi connectivity index (χ2v) is 5.00. The van der Waals surface area contributed by atoms with Gasteiger partial charge >= 0.3 is 5.97 Å². The van der Waals surface area contributed by atoms with Crippen LogP contribution in [0.15, 0.2) is 18.2 Å². The van der Waals surface area contributed by atoms with Gasteiger partial charge in [0.15, 0.2) is 5.78 Å². The van der Waals surface area contributed by atoms with E-state index < -0.39 is 5.97 Å². The number of carboxylic acids is 1. The van der Waals surface area contributed by atoms with Crippen molar-refractivity contribution >= 4 is 17.4 Å². The maximum Gasteiger partial charge on any atom is 0.303 e. The van der Waals surface area contributed by atoms with Crippen LogP contribution in [0.3, 0.4) is 0 Å². The van der Waals surface area contributed by atoms with Crippen LogP contribution in [0.4, 0.5) is 5.69 Å². The second kappa shape index (κ2) is 7.05. The van der Waals surface area contributed by atoms with Crippen molar-refractivity contribution in [1.82, 2.24) is 5.32 Å². The van der Waals surface area contributed by atoms with Crippen LogP contribution < -0.4 is 10.6 Å². The van der Waals surface area contributed by atoms with Gasteiger partial charge in [-0.2, -0.15) is 0 Å². The number of Topliss-reactive ketones (excluding diaryl/α,β-unsaturated/α-hetero) is 1. The third kappa shape index (κ3) is 4.06. The Morgan fingerprint density at radius 3 is 3.00 bits per heavy atom. The highest BCUT2D eigenvalue weighted by Crippen LogP contribution is 2.22. The number of hydrogen-bond donors (Lipinski definition) is 3. The first-order chi connectivity index (χ1) is 9.66. The molecule has 3 N–H and O–H groups in total. The smallest absolute Gasteiger partial charge is 0.303 e. The summed E-state index contributed by atoms with van der Waals surface area (Å²) in [5, 5.41) is 14.8. The van der Waals surface area contributed by atoms with Gasteiger partial charge in [0.2, 0.25) is 0 Å². The van der Waals surface area contributed by atoms with Crippen LogP contribution in [0.1, 0.15) is 35.2 Å². The van der Waals surface area contributed by atoms with Gasteiger partial charge in [0.1, 0.15) is 0 Å². The zero-order valence-corrected chi connectivity index (χ0v) is 11.4. The molecule has 1 heterocycles. The first-order valence-electron chi connectivity index (χ1n) is 6.99. The predicted molar refractivity (Wildman–Crippen MR) is 77.3 cm³/mol. The quantitative estimate of drug-likeness (QED) is 0.521. The molecule has 2 rings (SSSR count). The number of hydrogen-bond acceptors (Lipinski definition) is 4. The minimum atomic E-state index is -0.805. The van der Waals surface area contributed by atoms with E-state index in [-0.39, 0.29) is 18.7 Å².